The zero-order valence-corrected chi connectivity index (χ0v) is 14.6. The Labute approximate surface area is 147 Å². The molecule has 6 nitrogen and oxygen atoms in total. The van der Waals surface area contributed by atoms with E-state index in [9.17, 15) is 13.2 Å². The third-order valence-corrected chi connectivity index (χ3v) is 5.34. The molecule has 0 bridgehead atoms. The van der Waals surface area contributed by atoms with Crippen molar-refractivity contribution in [2.24, 2.45) is 0 Å². The van der Waals surface area contributed by atoms with Crippen molar-refractivity contribution >= 4 is 42.6 Å². The van der Waals surface area contributed by atoms with Crippen LogP contribution in [0.25, 0.3) is 10.8 Å². The molecule has 2 N–H and O–H groups in total. The molecule has 0 unspecified atom stereocenters. The van der Waals surface area contributed by atoms with Crippen LogP contribution in [0.5, 0.6) is 0 Å². The van der Waals surface area contributed by atoms with E-state index in [4.69, 9.17) is 0 Å². The minimum absolute atomic E-state index is 0.0767. The van der Waals surface area contributed by atoms with Crippen LogP contribution in [0.2, 0.25) is 0 Å². The summed E-state index contributed by atoms with van der Waals surface area (Å²) in [4.78, 5) is 18.0. The van der Waals surface area contributed by atoms with Crippen molar-refractivity contribution in [3.05, 3.63) is 71.0 Å². The Morgan fingerprint density at radius 1 is 1.00 bits per heavy atom. The second-order valence-electron chi connectivity index (χ2n) is 4.89. The number of nitrogens with zero attached hydrogens (tertiary/aromatic N) is 1. The van der Waals surface area contributed by atoms with Gasteiger partial charge in [-0.3, -0.25) is 15.2 Å². The van der Waals surface area contributed by atoms with Crippen LogP contribution in [-0.4, -0.2) is 19.3 Å². The first-order chi connectivity index (χ1) is 11.5. The van der Waals surface area contributed by atoms with Gasteiger partial charge in [0.1, 0.15) is 0 Å². The molecule has 1 aromatic heterocycles. The van der Waals surface area contributed by atoms with Crippen LogP contribution in [0.15, 0.2) is 70.3 Å². The highest BCUT2D eigenvalue weighted by Crippen LogP contribution is 2.29. The predicted octanol–water partition coefficient (Wildman–Crippen LogP) is 2.62. The van der Waals surface area contributed by atoms with Crippen LogP contribution in [-0.2, 0) is 10.0 Å². The number of pyridine rings is 1. The molecular formula is C16H12BrN3O3S. The fraction of sp³-hybridized carbons (Fsp3) is 0. The van der Waals surface area contributed by atoms with Gasteiger partial charge in [-0.2, -0.15) is 0 Å². The summed E-state index contributed by atoms with van der Waals surface area (Å²) in [5.41, 5.74) is 2.44. The smallest absolute Gasteiger partial charge is 0.267 e. The third-order valence-electron chi connectivity index (χ3n) is 3.34. The summed E-state index contributed by atoms with van der Waals surface area (Å²) >= 11 is 3.40. The van der Waals surface area contributed by atoms with Crippen molar-refractivity contribution < 1.29 is 13.2 Å². The number of carbonyl (C=O) groups excluding carboxylic acids is 1. The second kappa shape index (κ2) is 6.68. The summed E-state index contributed by atoms with van der Waals surface area (Å²) in [5, 5.41) is 1.31. The van der Waals surface area contributed by atoms with Crippen molar-refractivity contribution in [2.75, 3.05) is 0 Å². The Morgan fingerprint density at radius 2 is 1.75 bits per heavy atom. The molecule has 3 aromatic rings. The van der Waals surface area contributed by atoms with Crippen LogP contribution in [0.4, 0.5) is 0 Å². The van der Waals surface area contributed by atoms with Gasteiger partial charge in [0.15, 0.2) is 0 Å². The van der Waals surface area contributed by atoms with Gasteiger partial charge in [-0.1, -0.05) is 40.2 Å². The Balaban J connectivity index is 1.89. The number of amides is 1. The molecular weight excluding hydrogens is 394 g/mol. The second-order valence-corrected chi connectivity index (χ2v) is 7.40. The zero-order chi connectivity index (χ0) is 17.2. The first-order valence-electron chi connectivity index (χ1n) is 6.88. The highest BCUT2D eigenvalue weighted by atomic mass is 79.9. The number of benzene rings is 2. The minimum atomic E-state index is -3.93. The van der Waals surface area contributed by atoms with Crippen molar-refractivity contribution in [1.29, 1.82) is 0 Å². The number of hydrazine groups is 1. The summed E-state index contributed by atoms with van der Waals surface area (Å²) < 4.78 is 25.9. The number of hydrogen-bond donors (Lipinski definition) is 2. The highest BCUT2D eigenvalue weighted by molar-refractivity contribution is 9.10. The molecule has 122 valence electrons. The summed E-state index contributed by atoms with van der Waals surface area (Å²) in [7, 11) is -3.93. The number of nitrogens with one attached hydrogen (secondary N) is 2. The number of hydrogen-bond acceptors (Lipinski definition) is 4. The van der Waals surface area contributed by atoms with Crippen molar-refractivity contribution in [2.45, 2.75) is 4.90 Å². The number of aromatic nitrogens is 1. The van der Waals surface area contributed by atoms with E-state index in [2.05, 4.69) is 31.2 Å². The molecule has 0 spiro atoms. The van der Waals surface area contributed by atoms with Gasteiger partial charge in [-0.05, 0) is 29.7 Å². The van der Waals surface area contributed by atoms with Gasteiger partial charge in [0.25, 0.3) is 15.9 Å². The van der Waals surface area contributed by atoms with Gasteiger partial charge >= 0.3 is 0 Å². The Kier molecular flexibility index (Phi) is 4.61. The normalized spacial score (nSPS) is 11.4. The molecule has 1 amide bonds. The third kappa shape index (κ3) is 3.30. The molecule has 0 radical (unpaired) electrons. The van der Waals surface area contributed by atoms with E-state index in [0.717, 1.165) is 9.86 Å². The van der Waals surface area contributed by atoms with E-state index in [1.54, 1.807) is 24.3 Å². The van der Waals surface area contributed by atoms with Crippen LogP contribution in [0.1, 0.15) is 10.4 Å². The molecule has 0 aliphatic heterocycles. The van der Waals surface area contributed by atoms with Crippen molar-refractivity contribution in [1.82, 2.24) is 15.2 Å². The standard InChI is InChI=1S/C16H12BrN3O3S/c17-14-7-8-15(13-6-2-1-5-12(13)14)24(22,23)20-19-16(21)11-4-3-9-18-10-11/h1-10,20H,(H,19,21). The summed E-state index contributed by atoms with van der Waals surface area (Å²) in [5.74, 6) is -0.590. The first-order valence-corrected chi connectivity index (χ1v) is 9.16. The largest absolute Gasteiger partial charge is 0.273 e. The number of sulfonamides is 1. The molecule has 0 saturated carbocycles. The molecule has 2 aromatic carbocycles. The van der Waals surface area contributed by atoms with Gasteiger partial charge in [-0.15, -0.1) is 4.83 Å². The number of halogens is 1. The molecule has 0 aliphatic carbocycles. The van der Waals surface area contributed by atoms with E-state index >= 15 is 0 Å². The van der Waals surface area contributed by atoms with Gasteiger partial charge in [0.2, 0.25) is 0 Å². The van der Waals surface area contributed by atoms with Crippen LogP contribution >= 0.6 is 15.9 Å². The molecule has 0 fully saturated rings. The molecule has 8 heteroatoms. The molecule has 3 rings (SSSR count). The zero-order valence-electron chi connectivity index (χ0n) is 12.2. The Bertz CT molecular complexity index is 1010. The maximum absolute atomic E-state index is 12.5. The van der Waals surface area contributed by atoms with E-state index in [0.29, 0.717) is 5.39 Å². The van der Waals surface area contributed by atoms with Crippen LogP contribution in [0.3, 0.4) is 0 Å². The van der Waals surface area contributed by atoms with Gasteiger partial charge in [-0.25, -0.2) is 8.42 Å². The maximum atomic E-state index is 12.5. The summed E-state index contributed by atoms with van der Waals surface area (Å²) in [6.45, 7) is 0. The number of fused-ring (bicyclic) bond motifs is 1. The molecule has 0 atom stereocenters. The van der Waals surface area contributed by atoms with E-state index in [1.807, 2.05) is 12.1 Å². The lowest BCUT2D eigenvalue weighted by atomic mass is 10.1. The quantitative estimate of drug-likeness (QED) is 0.652. The first kappa shape index (κ1) is 16.6. The predicted molar refractivity (Wildman–Crippen MR) is 93.7 cm³/mol. The van der Waals surface area contributed by atoms with E-state index in [1.165, 1.54) is 24.5 Å². The van der Waals surface area contributed by atoms with Crippen molar-refractivity contribution in [3.63, 3.8) is 0 Å². The molecule has 0 saturated heterocycles. The van der Waals surface area contributed by atoms with Crippen LogP contribution in [0, 0.1) is 0 Å². The molecule has 24 heavy (non-hydrogen) atoms. The van der Waals surface area contributed by atoms with Crippen molar-refractivity contribution in [3.8, 4) is 0 Å². The lowest BCUT2D eigenvalue weighted by Crippen LogP contribution is -2.41. The average molecular weight is 406 g/mol. The molecule has 0 aliphatic rings. The fourth-order valence-electron chi connectivity index (χ4n) is 2.21. The monoisotopic (exact) mass is 405 g/mol. The van der Waals surface area contributed by atoms with Crippen LogP contribution < -0.4 is 10.3 Å². The Morgan fingerprint density at radius 3 is 2.46 bits per heavy atom. The lowest BCUT2D eigenvalue weighted by molar-refractivity contribution is 0.0944. The summed E-state index contributed by atoms with van der Waals surface area (Å²) in [6.07, 6.45) is 2.87. The van der Waals surface area contributed by atoms with E-state index in [-0.39, 0.29) is 10.5 Å². The SMILES string of the molecule is O=C(NNS(=O)(=O)c1ccc(Br)c2ccccc12)c1cccnc1. The fourth-order valence-corrected chi connectivity index (χ4v) is 3.74. The van der Waals surface area contributed by atoms with E-state index < -0.39 is 15.9 Å². The maximum Gasteiger partial charge on any atom is 0.267 e. The lowest BCUT2D eigenvalue weighted by Gasteiger charge is -2.11. The Hall–Kier alpha value is -2.29. The van der Waals surface area contributed by atoms with Gasteiger partial charge in [0, 0.05) is 22.3 Å². The average Bonchev–Trinajstić information content (AvgIpc) is 2.61. The highest BCUT2D eigenvalue weighted by Gasteiger charge is 2.19. The summed E-state index contributed by atoms with van der Waals surface area (Å²) in [6, 6.07) is 13.3. The number of carbonyl (C=O) groups is 1. The van der Waals surface area contributed by atoms with Gasteiger partial charge in [0.05, 0.1) is 10.5 Å². The van der Waals surface area contributed by atoms with Gasteiger partial charge < -0.3 is 0 Å². The minimum Gasteiger partial charge on any atom is -0.273 e. The topological polar surface area (TPSA) is 88.2 Å². The number of rotatable bonds is 4. The molecule has 1 heterocycles.